The van der Waals surface area contributed by atoms with E-state index in [4.69, 9.17) is 5.73 Å². The van der Waals surface area contributed by atoms with Gasteiger partial charge in [-0.1, -0.05) is 32.0 Å². The molecule has 0 spiro atoms. The van der Waals surface area contributed by atoms with Crippen molar-refractivity contribution >= 4 is 12.4 Å². The Morgan fingerprint density at radius 3 is 2.18 bits per heavy atom. The van der Waals surface area contributed by atoms with Gasteiger partial charge in [-0.25, -0.2) is 0 Å². The molecule has 5 heteroatoms. The van der Waals surface area contributed by atoms with Crippen LogP contribution in [0.3, 0.4) is 0 Å². The highest BCUT2D eigenvalue weighted by Crippen LogP contribution is 2.35. The van der Waals surface area contributed by atoms with Crippen LogP contribution in [-0.4, -0.2) is 0 Å². The number of hydrogen-bond donors (Lipinski definition) is 1. The first-order valence-electron chi connectivity index (χ1n) is 5.24. The van der Waals surface area contributed by atoms with Gasteiger partial charge in [-0.3, -0.25) is 0 Å². The molecule has 0 heterocycles. The van der Waals surface area contributed by atoms with Crippen molar-refractivity contribution in [1.29, 1.82) is 0 Å². The molecule has 1 nitrogen and oxygen atoms in total. The lowest BCUT2D eigenvalue weighted by Crippen LogP contribution is -2.18. The minimum absolute atomic E-state index is 0. The summed E-state index contributed by atoms with van der Waals surface area (Å²) in [5, 5.41) is 0. The molecule has 1 aromatic carbocycles. The van der Waals surface area contributed by atoms with Crippen molar-refractivity contribution in [3.8, 4) is 0 Å². The molecule has 1 aromatic rings. The third-order valence-electron chi connectivity index (χ3n) is 2.39. The second-order valence-electron chi connectivity index (χ2n) is 4.32. The molecule has 17 heavy (non-hydrogen) atoms. The zero-order valence-corrected chi connectivity index (χ0v) is 10.6. The Morgan fingerprint density at radius 1 is 1.18 bits per heavy atom. The van der Waals surface area contributed by atoms with Gasteiger partial charge in [-0.2, -0.15) is 13.2 Å². The van der Waals surface area contributed by atoms with Crippen molar-refractivity contribution < 1.29 is 13.2 Å². The zero-order valence-electron chi connectivity index (χ0n) is 9.79. The summed E-state index contributed by atoms with van der Waals surface area (Å²) in [5.41, 5.74) is 5.36. The van der Waals surface area contributed by atoms with E-state index in [0.29, 0.717) is 6.42 Å². The molecule has 1 rings (SSSR count). The van der Waals surface area contributed by atoms with Gasteiger partial charge in [-0.15, -0.1) is 12.4 Å². The summed E-state index contributed by atoms with van der Waals surface area (Å²) in [6.07, 6.45) is -3.78. The van der Waals surface area contributed by atoms with Crippen LogP contribution >= 0.6 is 12.4 Å². The van der Waals surface area contributed by atoms with E-state index in [1.165, 1.54) is 12.1 Å². The standard InChI is InChI=1S/C12H16F3N.ClH/c1-8(2)7-11(16)9-5-3-4-6-10(9)12(13,14)15;/h3-6,8,11H,7,16H2,1-2H3;1H/t11-;/m0./s1. The highest BCUT2D eigenvalue weighted by atomic mass is 35.5. The van der Waals surface area contributed by atoms with Crippen LogP contribution < -0.4 is 5.73 Å². The van der Waals surface area contributed by atoms with E-state index in [0.717, 1.165) is 6.07 Å². The first-order chi connectivity index (χ1) is 7.32. The smallest absolute Gasteiger partial charge is 0.324 e. The van der Waals surface area contributed by atoms with Crippen molar-refractivity contribution in [3.05, 3.63) is 35.4 Å². The number of rotatable bonds is 3. The van der Waals surface area contributed by atoms with Crippen molar-refractivity contribution in [2.24, 2.45) is 11.7 Å². The van der Waals surface area contributed by atoms with E-state index in [1.54, 1.807) is 6.07 Å². The van der Waals surface area contributed by atoms with Gasteiger partial charge in [0.05, 0.1) is 5.56 Å². The molecule has 0 saturated carbocycles. The van der Waals surface area contributed by atoms with Crippen molar-refractivity contribution in [2.75, 3.05) is 0 Å². The van der Waals surface area contributed by atoms with Gasteiger partial charge in [0.25, 0.3) is 0 Å². The molecule has 0 fully saturated rings. The van der Waals surface area contributed by atoms with Crippen LogP contribution in [0.1, 0.15) is 37.4 Å². The fourth-order valence-corrected chi connectivity index (χ4v) is 1.71. The molecule has 0 radical (unpaired) electrons. The maximum atomic E-state index is 12.7. The fraction of sp³-hybridized carbons (Fsp3) is 0.500. The largest absolute Gasteiger partial charge is 0.416 e. The van der Waals surface area contributed by atoms with E-state index >= 15 is 0 Å². The summed E-state index contributed by atoms with van der Waals surface area (Å²) < 4.78 is 38.1. The van der Waals surface area contributed by atoms with Gasteiger partial charge in [0.1, 0.15) is 0 Å². The second-order valence-corrected chi connectivity index (χ2v) is 4.32. The molecule has 0 aromatic heterocycles. The zero-order chi connectivity index (χ0) is 12.3. The molecule has 0 saturated heterocycles. The molecule has 98 valence electrons. The lowest BCUT2D eigenvalue weighted by Gasteiger charge is -2.19. The van der Waals surface area contributed by atoms with Crippen molar-refractivity contribution in [1.82, 2.24) is 0 Å². The Balaban J connectivity index is 0.00000256. The molecular formula is C12H17ClF3N. The van der Waals surface area contributed by atoms with Crippen molar-refractivity contribution in [2.45, 2.75) is 32.5 Å². The molecule has 0 aliphatic carbocycles. The van der Waals surface area contributed by atoms with Gasteiger partial charge in [0.15, 0.2) is 0 Å². The number of hydrogen-bond acceptors (Lipinski definition) is 1. The quantitative estimate of drug-likeness (QED) is 0.874. The number of alkyl halides is 3. The van der Waals surface area contributed by atoms with Crippen LogP contribution in [0.2, 0.25) is 0 Å². The minimum atomic E-state index is -4.33. The highest BCUT2D eigenvalue weighted by molar-refractivity contribution is 5.85. The Bertz CT molecular complexity index is 350. The average molecular weight is 268 g/mol. The van der Waals surface area contributed by atoms with Crippen LogP contribution in [0.5, 0.6) is 0 Å². The number of nitrogens with two attached hydrogens (primary N) is 1. The predicted octanol–water partition coefficient (Wildman–Crippen LogP) is 4.17. The molecule has 0 unspecified atom stereocenters. The van der Waals surface area contributed by atoms with Crippen molar-refractivity contribution in [3.63, 3.8) is 0 Å². The summed E-state index contributed by atoms with van der Waals surface area (Å²) in [4.78, 5) is 0. The number of halogens is 4. The van der Waals surface area contributed by atoms with Crippen LogP contribution in [0.15, 0.2) is 24.3 Å². The molecule has 0 aliphatic rings. The molecule has 2 N–H and O–H groups in total. The Morgan fingerprint density at radius 2 is 1.71 bits per heavy atom. The summed E-state index contributed by atoms with van der Waals surface area (Å²) in [6, 6.07) is 4.95. The Hall–Kier alpha value is -0.740. The summed E-state index contributed by atoms with van der Waals surface area (Å²) in [5.74, 6) is 0.274. The van der Waals surface area contributed by atoms with Crippen LogP contribution in [0.4, 0.5) is 13.2 Å². The first-order valence-corrected chi connectivity index (χ1v) is 5.24. The monoisotopic (exact) mass is 267 g/mol. The first kappa shape index (κ1) is 16.3. The summed E-state index contributed by atoms with van der Waals surface area (Å²) in [7, 11) is 0. The van der Waals surface area contributed by atoms with Crippen LogP contribution in [-0.2, 0) is 6.18 Å². The third-order valence-corrected chi connectivity index (χ3v) is 2.39. The third kappa shape index (κ3) is 4.56. The van der Waals surface area contributed by atoms with E-state index < -0.39 is 17.8 Å². The Kier molecular flexibility index (Phi) is 5.99. The highest BCUT2D eigenvalue weighted by Gasteiger charge is 2.34. The normalized spacial score (nSPS) is 13.4. The molecule has 0 bridgehead atoms. The van der Waals surface area contributed by atoms with Gasteiger partial charge < -0.3 is 5.73 Å². The summed E-state index contributed by atoms with van der Waals surface area (Å²) >= 11 is 0. The predicted molar refractivity (Wildman–Crippen MR) is 65.1 cm³/mol. The fourth-order valence-electron chi connectivity index (χ4n) is 1.71. The van der Waals surface area contributed by atoms with E-state index in [1.807, 2.05) is 13.8 Å². The van der Waals surface area contributed by atoms with Crippen LogP contribution in [0, 0.1) is 5.92 Å². The molecular weight excluding hydrogens is 251 g/mol. The minimum Gasteiger partial charge on any atom is -0.324 e. The average Bonchev–Trinajstić information content (AvgIpc) is 2.15. The lowest BCUT2D eigenvalue weighted by atomic mass is 9.94. The molecule has 1 atom stereocenters. The maximum absolute atomic E-state index is 12.7. The van der Waals surface area contributed by atoms with E-state index in [2.05, 4.69) is 0 Å². The van der Waals surface area contributed by atoms with E-state index in [9.17, 15) is 13.2 Å². The second kappa shape index (κ2) is 6.26. The summed E-state index contributed by atoms with van der Waals surface area (Å²) in [6.45, 7) is 3.88. The van der Waals surface area contributed by atoms with Gasteiger partial charge in [-0.05, 0) is 24.0 Å². The lowest BCUT2D eigenvalue weighted by molar-refractivity contribution is -0.138. The van der Waals surface area contributed by atoms with Gasteiger partial charge in [0, 0.05) is 6.04 Å². The molecule has 0 amide bonds. The number of benzene rings is 1. The van der Waals surface area contributed by atoms with E-state index in [-0.39, 0.29) is 23.9 Å². The maximum Gasteiger partial charge on any atom is 0.416 e. The molecule has 0 aliphatic heterocycles. The van der Waals surface area contributed by atoms with Gasteiger partial charge in [0.2, 0.25) is 0 Å². The van der Waals surface area contributed by atoms with Gasteiger partial charge >= 0.3 is 6.18 Å². The topological polar surface area (TPSA) is 26.0 Å². The Labute approximate surface area is 106 Å². The SMILES string of the molecule is CC(C)C[C@H](N)c1ccccc1C(F)(F)F.Cl. The van der Waals surface area contributed by atoms with Crippen LogP contribution in [0.25, 0.3) is 0 Å².